The zero-order valence-corrected chi connectivity index (χ0v) is 11.1. The molecule has 2 aromatic rings. The molecule has 20 heavy (non-hydrogen) atoms. The fourth-order valence-corrected chi connectivity index (χ4v) is 1.68. The predicted molar refractivity (Wildman–Crippen MR) is 77.0 cm³/mol. The van der Waals surface area contributed by atoms with Crippen LogP contribution >= 0.6 is 0 Å². The Morgan fingerprint density at radius 2 is 1.90 bits per heavy atom. The van der Waals surface area contributed by atoms with Crippen molar-refractivity contribution >= 4 is 17.9 Å². The lowest BCUT2D eigenvalue weighted by molar-refractivity contribution is -0.122. The minimum absolute atomic E-state index is 0.243. The van der Waals surface area contributed by atoms with Crippen LogP contribution in [0.2, 0.25) is 0 Å². The number of rotatable bonds is 5. The SMILES string of the molecule is C[C@H](Oc1cccc(C=O)c1)C(=O)Nc1ccccc1. The molecule has 0 spiro atoms. The van der Waals surface area contributed by atoms with Crippen molar-refractivity contribution in [1.29, 1.82) is 0 Å². The first-order valence-corrected chi connectivity index (χ1v) is 6.27. The molecule has 0 aliphatic carbocycles. The smallest absolute Gasteiger partial charge is 0.265 e. The van der Waals surface area contributed by atoms with Gasteiger partial charge in [0.1, 0.15) is 12.0 Å². The summed E-state index contributed by atoms with van der Waals surface area (Å²) in [5.41, 5.74) is 1.23. The van der Waals surface area contributed by atoms with E-state index in [-0.39, 0.29) is 5.91 Å². The Kier molecular flexibility index (Phi) is 4.50. The fraction of sp³-hybridized carbons (Fsp3) is 0.125. The van der Waals surface area contributed by atoms with E-state index < -0.39 is 6.10 Å². The Morgan fingerprint density at radius 1 is 1.15 bits per heavy atom. The van der Waals surface area contributed by atoms with Gasteiger partial charge in [0.05, 0.1) is 0 Å². The lowest BCUT2D eigenvalue weighted by Gasteiger charge is -2.14. The van der Waals surface area contributed by atoms with Crippen molar-refractivity contribution in [3.05, 3.63) is 60.2 Å². The molecule has 1 N–H and O–H groups in total. The summed E-state index contributed by atoms with van der Waals surface area (Å²) in [6.45, 7) is 1.66. The summed E-state index contributed by atoms with van der Waals surface area (Å²) >= 11 is 0. The highest BCUT2D eigenvalue weighted by Gasteiger charge is 2.14. The van der Waals surface area contributed by atoms with E-state index in [0.29, 0.717) is 11.3 Å². The quantitative estimate of drug-likeness (QED) is 0.849. The third kappa shape index (κ3) is 3.68. The van der Waals surface area contributed by atoms with Crippen LogP contribution in [0.5, 0.6) is 5.75 Å². The largest absolute Gasteiger partial charge is 0.481 e. The van der Waals surface area contributed by atoms with Gasteiger partial charge >= 0.3 is 0 Å². The molecule has 4 heteroatoms. The fourth-order valence-electron chi connectivity index (χ4n) is 1.68. The number of amides is 1. The van der Waals surface area contributed by atoms with Gasteiger partial charge in [-0.25, -0.2) is 0 Å². The molecule has 2 rings (SSSR count). The van der Waals surface area contributed by atoms with Crippen LogP contribution < -0.4 is 10.1 Å². The second kappa shape index (κ2) is 6.52. The number of benzene rings is 2. The van der Waals surface area contributed by atoms with Gasteiger partial charge < -0.3 is 10.1 Å². The third-order valence-electron chi connectivity index (χ3n) is 2.72. The van der Waals surface area contributed by atoms with Crippen LogP contribution in [-0.2, 0) is 4.79 Å². The lowest BCUT2D eigenvalue weighted by Crippen LogP contribution is -2.30. The van der Waals surface area contributed by atoms with E-state index >= 15 is 0 Å². The summed E-state index contributed by atoms with van der Waals surface area (Å²) in [5.74, 6) is 0.248. The molecule has 1 atom stereocenters. The van der Waals surface area contributed by atoms with Gasteiger partial charge in [-0.1, -0.05) is 30.3 Å². The van der Waals surface area contributed by atoms with Gasteiger partial charge in [0, 0.05) is 11.3 Å². The van der Waals surface area contributed by atoms with Crippen LogP contribution in [0.3, 0.4) is 0 Å². The standard InChI is InChI=1S/C16H15NO3/c1-12(16(19)17-14-7-3-2-4-8-14)20-15-9-5-6-13(10-15)11-18/h2-12H,1H3,(H,17,19)/t12-/m0/s1. The number of nitrogens with one attached hydrogen (secondary N) is 1. The first-order valence-electron chi connectivity index (χ1n) is 6.27. The molecule has 0 aliphatic heterocycles. The summed E-state index contributed by atoms with van der Waals surface area (Å²) in [6, 6.07) is 15.9. The summed E-state index contributed by atoms with van der Waals surface area (Å²) in [6.07, 6.45) is 0.0822. The first kappa shape index (κ1) is 13.8. The number of anilines is 1. The summed E-state index contributed by atoms with van der Waals surface area (Å²) in [7, 11) is 0. The molecule has 4 nitrogen and oxygen atoms in total. The van der Waals surface area contributed by atoms with E-state index in [9.17, 15) is 9.59 Å². The molecule has 0 saturated carbocycles. The topological polar surface area (TPSA) is 55.4 Å². The zero-order valence-electron chi connectivity index (χ0n) is 11.1. The van der Waals surface area contributed by atoms with Gasteiger partial charge in [0.15, 0.2) is 6.10 Å². The number of hydrogen-bond donors (Lipinski definition) is 1. The van der Waals surface area contributed by atoms with E-state index in [1.165, 1.54) is 0 Å². The molecule has 0 unspecified atom stereocenters. The van der Waals surface area contributed by atoms with E-state index in [0.717, 1.165) is 12.0 Å². The molecule has 0 heterocycles. The lowest BCUT2D eigenvalue weighted by atomic mass is 10.2. The van der Waals surface area contributed by atoms with Gasteiger partial charge in [0.2, 0.25) is 0 Å². The first-order chi connectivity index (χ1) is 9.69. The Hall–Kier alpha value is -2.62. The van der Waals surface area contributed by atoms with Crippen molar-refractivity contribution in [2.45, 2.75) is 13.0 Å². The van der Waals surface area contributed by atoms with E-state index in [1.807, 2.05) is 18.2 Å². The average molecular weight is 269 g/mol. The van der Waals surface area contributed by atoms with Gasteiger partial charge in [-0.05, 0) is 31.2 Å². The monoisotopic (exact) mass is 269 g/mol. The number of ether oxygens (including phenoxy) is 1. The number of aldehydes is 1. The molecule has 0 aliphatic rings. The molecule has 0 aromatic heterocycles. The number of hydrogen-bond acceptors (Lipinski definition) is 3. The number of carbonyl (C=O) groups excluding carboxylic acids is 2. The Bertz CT molecular complexity index is 596. The summed E-state index contributed by atoms with van der Waals surface area (Å²) in [5, 5.41) is 2.76. The molecular formula is C16H15NO3. The minimum atomic E-state index is -0.655. The van der Waals surface area contributed by atoms with Gasteiger partial charge in [0.25, 0.3) is 5.91 Å². The van der Waals surface area contributed by atoms with Crippen molar-refractivity contribution < 1.29 is 14.3 Å². The molecule has 0 saturated heterocycles. The molecule has 102 valence electrons. The van der Waals surface area contributed by atoms with Crippen molar-refractivity contribution in [2.75, 3.05) is 5.32 Å². The molecule has 0 radical (unpaired) electrons. The van der Waals surface area contributed by atoms with Crippen molar-refractivity contribution in [2.24, 2.45) is 0 Å². The zero-order chi connectivity index (χ0) is 14.4. The van der Waals surface area contributed by atoms with Crippen LogP contribution in [0.15, 0.2) is 54.6 Å². The van der Waals surface area contributed by atoms with Crippen LogP contribution in [0.25, 0.3) is 0 Å². The van der Waals surface area contributed by atoms with Crippen molar-refractivity contribution in [3.8, 4) is 5.75 Å². The maximum Gasteiger partial charge on any atom is 0.265 e. The highest BCUT2D eigenvalue weighted by atomic mass is 16.5. The minimum Gasteiger partial charge on any atom is -0.481 e. The maximum absolute atomic E-state index is 12.0. The summed E-state index contributed by atoms with van der Waals surface area (Å²) < 4.78 is 5.52. The van der Waals surface area contributed by atoms with Crippen LogP contribution in [0.1, 0.15) is 17.3 Å². The molecule has 2 aromatic carbocycles. The highest BCUT2D eigenvalue weighted by molar-refractivity contribution is 5.94. The highest BCUT2D eigenvalue weighted by Crippen LogP contribution is 2.15. The van der Waals surface area contributed by atoms with Crippen LogP contribution in [-0.4, -0.2) is 18.3 Å². The van der Waals surface area contributed by atoms with Crippen LogP contribution in [0, 0.1) is 0 Å². The Balaban J connectivity index is 1.98. The predicted octanol–water partition coefficient (Wildman–Crippen LogP) is 2.91. The third-order valence-corrected chi connectivity index (χ3v) is 2.72. The number of para-hydroxylation sites is 1. The average Bonchev–Trinajstić information content (AvgIpc) is 2.48. The Labute approximate surface area is 117 Å². The van der Waals surface area contributed by atoms with Crippen molar-refractivity contribution in [3.63, 3.8) is 0 Å². The Morgan fingerprint density at radius 3 is 2.60 bits per heavy atom. The normalized spacial score (nSPS) is 11.4. The van der Waals surface area contributed by atoms with Gasteiger partial charge in [-0.15, -0.1) is 0 Å². The van der Waals surface area contributed by atoms with E-state index in [4.69, 9.17) is 4.74 Å². The van der Waals surface area contributed by atoms with Crippen molar-refractivity contribution in [1.82, 2.24) is 0 Å². The van der Waals surface area contributed by atoms with Gasteiger partial charge in [-0.2, -0.15) is 0 Å². The van der Waals surface area contributed by atoms with Gasteiger partial charge in [-0.3, -0.25) is 9.59 Å². The number of carbonyl (C=O) groups is 2. The van der Waals surface area contributed by atoms with E-state index in [1.54, 1.807) is 43.3 Å². The van der Waals surface area contributed by atoms with Crippen LogP contribution in [0.4, 0.5) is 5.69 Å². The molecular weight excluding hydrogens is 254 g/mol. The van der Waals surface area contributed by atoms with E-state index in [2.05, 4.69) is 5.32 Å². The second-order valence-corrected chi connectivity index (χ2v) is 4.31. The molecule has 1 amide bonds. The maximum atomic E-state index is 12.0. The second-order valence-electron chi connectivity index (χ2n) is 4.31. The molecule has 0 bridgehead atoms. The summed E-state index contributed by atoms with van der Waals surface area (Å²) in [4.78, 5) is 22.7. The molecule has 0 fully saturated rings.